The van der Waals surface area contributed by atoms with E-state index < -0.39 is 0 Å². The SMILES string of the molecule is C1CSN(C2CCNCC2)C1. The third-order valence-corrected chi connectivity index (χ3v) is 3.78. The van der Waals surface area contributed by atoms with Crippen LogP contribution < -0.4 is 5.32 Å². The van der Waals surface area contributed by atoms with Crippen LogP contribution in [0.5, 0.6) is 0 Å². The van der Waals surface area contributed by atoms with Crippen LogP contribution in [0.25, 0.3) is 0 Å². The van der Waals surface area contributed by atoms with E-state index in [1.54, 1.807) is 0 Å². The van der Waals surface area contributed by atoms with E-state index in [1.165, 1.54) is 44.6 Å². The van der Waals surface area contributed by atoms with Gasteiger partial charge in [-0.15, -0.1) is 0 Å². The molecule has 64 valence electrons. The average molecular weight is 172 g/mol. The second-order valence-electron chi connectivity index (χ2n) is 3.31. The van der Waals surface area contributed by atoms with Gasteiger partial charge in [0.25, 0.3) is 0 Å². The molecule has 0 unspecified atom stereocenters. The number of nitrogens with one attached hydrogen (secondary N) is 1. The van der Waals surface area contributed by atoms with E-state index in [9.17, 15) is 0 Å². The van der Waals surface area contributed by atoms with Gasteiger partial charge in [0.05, 0.1) is 0 Å². The highest BCUT2D eigenvalue weighted by Crippen LogP contribution is 2.26. The van der Waals surface area contributed by atoms with Gasteiger partial charge in [0, 0.05) is 18.3 Å². The van der Waals surface area contributed by atoms with Crippen molar-refractivity contribution in [3.05, 3.63) is 0 Å². The first kappa shape index (κ1) is 7.90. The highest BCUT2D eigenvalue weighted by molar-refractivity contribution is 7.97. The summed E-state index contributed by atoms with van der Waals surface area (Å²) < 4.78 is 2.60. The Bertz CT molecular complexity index is 117. The van der Waals surface area contributed by atoms with Crippen molar-refractivity contribution in [1.82, 2.24) is 9.62 Å². The molecule has 0 atom stereocenters. The summed E-state index contributed by atoms with van der Waals surface area (Å²) in [6, 6.07) is 0.878. The average Bonchev–Trinajstić information content (AvgIpc) is 2.58. The molecule has 1 N–H and O–H groups in total. The number of piperidine rings is 1. The lowest BCUT2D eigenvalue weighted by atomic mass is 10.1. The van der Waals surface area contributed by atoms with Crippen LogP contribution in [0.15, 0.2) is 0 Å². The molecule has 0 saturated carbocycles. The standard InChI is InChI=1S/C8H16N2S/c1-6-10(11-7-1)8-2-4-9-5-3-8/h8-9H,1-7H2. The largest absolute Gasteiger partial charge is 0.317 e. The maximum atomic E-state index is 3.40. The van der Waals surface area contributed by atoms with E-state index >= 15 is 0 Å². The fourth-order valence-electron chi connectivity index (χ4n) is 1.85. The lowest BCUT2D eigenvalue weighted by Crippen LogP contribution is -2.38. The minimum atomic E-state index is 0.878. The maximum absolute atomic E-state index is 3.40. The first-order valence-electron chi connectivity index (χ1n) is 4.57. The molecule has 0 bridgehead atoms. The molecule has 3 heteroatoms. The number of nitrogens with zero attached hydrogens (tertiary/aromatic N) is 1. The van der Waals surface area contributed by atoms with Crippen LogP contribution in [0, 0.1) is 0 Å². The molecule has 0 radical (unpaired) electrons. The smallest absolute Gasteiger partial charge is 0.0226 e. The molecule has 0 aromatic rings. The second kappa shape index (κ2) is 3.78. The molecule has 2 saturated heterocycles. The van der Waals surface area contributed by atoms with E-state index in [2.05, 4.69) is 21.6 Å². The van der Waals surface area contributed by atoms with Crippen molar-refractivity contribution in [1.29, 1.82) is 0 Å². The summed E-state index contributed by atoms with van der Waals surface area (Å²) in [5.74, 6) is 1.35. The zero-order valence-corrected chi connectivity index (χ0v) is 7.70. The van der Waals surface area contributed by atoms with Crippen LogP contribution in [0.2, 0.25) is 0 Å². The molecule has 0 spiro atoms. The molecule has 2 nitrogen and oxygen atoms in total. The first-order chi connectivity index (χ1) is 5.47. The minimum absolute atomic E-state index is 0.878. The Kier molecular flexibility index (Phi) is 2.72. The fraction of sp³-hybridized carbons (Fsp3) is 1.00. The topological polar surface area (TPSA) is 15.3 Å². The predicted molar refractivity (Wildman–Crippen MR) is 49.7 cm³/mol. The van der Waals surface area contributed by atoms with Crippen molar-refractivity contribution in [3.8, 4) is 0 Å². The molecule has 2 heterocycles. The summed E-state index contributed by atoms with van der Waals surface area (Å²) in [4.78, 5) is 0. The van der Waals surface area contributed by atoms with Crippen molar-refractivity contribution in [2.75, 3.05) is 25.4 Å². The van der Waals surface area contributed by atoms with Crippen molar-refractivity contribution in [2.45, 2.75) is 25.3 Å². The predicted octanol–water partition coefficient (Wildman–Crippen LogP) is 1.09. The van der Waals surface area contributed by atoms with Gasteiger partial charge in [0.1, 0.15) is 0 Å². The van der Waals surface area contributed by atoms with Gasteiger partial charge in [0.2, 0.25) is 0 Å². The third-order valence-electron chi connectivity index (χ3n) is 2.50. The molecule has 2 fully saturated rings. The number of rotatable bonds is 1. The summed E-state index contributed by atoms with van der Waals surface area (Å²) in [5.41, 5.74) is 0. The Hall–Kier alpha value is 0.270. The lowest BCUT2D eigenvalue weighted by molar-refractivity contribution is 0.293. The molecule has 0 aromatic heterocycles. The van der Waals surface area contributed by atoms with Crippen LogP contribution in [-0.4, -0.2) is 35.7 Å². The minimum Gasteiger partial charge on any atom is -0.317 e. The van der Waals surface area contributed by atoms with E-state index in [0.29, 0.717) is 0 Å². The summed E-state index contributed by atoms with van der Waals surface area (Å²) in [6.45, 7) is 3.78. The third kappa shape index (κ3) is 1.89. The summed E-state index contributed by atoms with van der Waals surface area (Å²) in [7, 11) is 0. The lowest BCUT2D eigenvalue weighted by Gasteiger charge is -2.29. The first-order valence-corrected chi connectivity index (χ1v) is 5.51. The molecule has 2 aliphatic rings. The van der Waals surface area contributed by atoms with Crippen molar-refractivity contribution < 1.29 is 0 Å². The van der Waals surface area contributed by atoms with Crippen molar-refractivity contribution in [2.24, 2.45) is 0 Å². The molecule has 0 amide bonds. The van der Waals surface area contributed by atoms with Crippen LogP contribution >= 0.6 is 11.9 Å². The van der Waals surface area contributed by atoms with E-state index in [4.69, 9.17) is 0 Å². The summed E-state index contributed by atoms with van der Waals surface area (Å²) in [5, 5.41) is 3.40. The van der Waals surface area contributed by atoms with Crippen LogP contribution in [0.4, 0.5) is 0 Å². The summed E-state index contributed by atoms with van der Waals surface area (Å²) in [6.07, 6.45) is 4.11. The Morgan fingerprint density at radius 2 is 2.09 bits per heavy atom. The Balaban J connectivity index is 1.82. The highest BCUT2D eigenvalue weighted by Gasteiger charge is 2.23. The van der Waals surface area contributed by atoms with Crippen LogP contribution in [0.3, 0.4) is 0 Å². The van der Waals surface area contributed by atoms with Gasteiger partial charge in [-0.3, -0.25) is 0 Å². The normalized spacial score (nSPS) is 29.5. The second-order valence-corrected chi connectivity index (χ2v) is 4.44. The summed E-state index contributed by atoms with van der Waals surface area (Å²) >= 11 is 2.05. The molecule has 0 aromatic carbocycles. The molecular formula is C8H16N2S. The zero-order valence-electron chi connectivity index (χ0n) is 6.88. The Morgan fingerprint density at radius 3 is 2.73 bits per heavy atom. The van der Waals surface area contributed by atoms with Gasteiger partial charge < -0.3 is 5.32 Å². The fourth-order valence-corrected chi connectivity index (χ4v) is 3.02. The van der Waals surface area contributed by atoms with Gasteiger partial charge in [-0.25, -0.2) is 4.31 Å². The maximum Gasteiger partial charge on any atom is 0.0226 e. The zero-order chi connectivity index (χ0) is 7.52. The van der Waals surface area contributed by atoms with E-state index in [1.807, 2.05) is 0 Å². The monoisotopic (exact) mass is 172 g/mol. The van der Waals surface area contributed by atoms with E-state index in [-0.39, 0.29) is 0 Å². The van der Waals surface area contributed by atoms with Gasteiger partial charge in [-0.1, -0.05) is 11.9 Å². The number of hydrogen-bond acceptors (Lipinski definition) is 3. The molecule has 0 aliphatic carbocycles. The van der Waals surface area contributed by atoms with Crippen molar-refractivity contribution in [3.63, 3.8) is 0 Å². The van der Waals surface area contributed by atoms with Crippen LogP contribution in [0.1, 0.15) is 19.3 Å². The van der Waals surface area contributed by atoms with Crippen molar-refractivity contribution >= 4 is 11.9 Å². The van der Waals surface area contributed by atoms with Gasteiger partial charge in [-0.2, -0.15) is 0 Å². The quantitative estimate of drug-likeness (QED) is 0.596. The Labute approximate surface area is 72.9 Å². The van der Waals surface area contributed by atoms with Gasteiger partial charge in [0.15, 0.2) is 0 Å². The molecule has 11 heavy (non-hydrogen) atoms. The van der Waals surface area contributed by atoms with E-state index in [0.717, 1.165) is 6.04 Å². The Morgan fingerprint density at radius 1 is 1.27 bits per heavy atom. The molecular weight excluding hydrogens is 156 g/mol. The van der Waals surface area contributed by atoms with Gasteiger partial charge in [-0.05, 0) is 32.4 Å². The molecule has 2 rings (SSSR count). The van der Waals surface area contributed by atoms with Gasteiger partial charge >= 0.3 is 0 Å². The van der Waals surface area contributed by atoms with Crippen LogP contribution in [-0.2, 0) is 0 Å². The molecule has 2 aliphatic heterocycles. The number of hydrogen-bond donors (Lipinski definition) is 1. The highest BCUT2D eigenvalue weighted by atomic mass is 32.2.